The Morgan fingerprint density at radius 3 is 2.92 bits per heavy atom. The topological polar surface area (TPSA) is 9.23 Å². The Morgan fingerprint density at radius 2 is 2.15 bits per heavy atom. The van der Waals surface area contributed by atoms with Crippen LogP contribution in [0.25, 0.3) is 0 Å². The molecule has 1 aliphatic carbocycles. The summed E-state index contributed by atoms with van der Waals surface area (Å²) < 4.78 is 5.54. The lowest BCUT2D eigenvalue weighted by Crippen LogP contribution is -2.19. The van der Waals surface area contributed by atoms with E-state index in [1.54, 1.807) is 5.57 Å². The standard InChI is InChI=1S/C10H14O.C2H6/c1-8-6-9-4-2-3-5-10(9)7-11-8;1-2/h3,5,8H,2,4,6-7H2,1H3;1-2H3. The third-order valence-electron chi connectivity index (χ3n) is 2.44. The monoisotopic (exact) mass is 180 g/mol. The summed E-state index contributed by atoms with van der Waals surface area (Å²) in [5.41, 5.74) is 3.07. The molecule has 1 nitrogen and oxygen atoms in total. The minimum Gasteiger partial charge on any atom is -0.374 e. The Bertz CT molecular complexity index is 213. The van der Waals surface area contributed by atoms with Crippen molar-refractivity contribution < 1.29 is 4.74 Å². The first-order valence-electron chi connectivity index (χ1n) is 5.35. The van der Waals surface area contributed by atoms with E-state index in [0.29, 0.717) is 6.10 Å². The first-order valence-corrected chi connectivity index (χ1v) is 5.35. The summed E-state index contributed by atoms with van der Waals surface area (Å²) in [6, 6.07) is 0. The molecule has 74 valence electrons. The lowest BCUT2D eigenvalue weighted by atomic mass is 9.92. The molecule has 1 atom stereocenters. The van der Waals surface area contributed by atoms with Gasteiger partial charge in [0.2, 0.25) is 0 Å². The summed E-state index contributed by atoms with van der Waals surface area (Å²) in [4.78, 5) is 0. The molecule has 0 aromatic carbocycles. The molecule has 0 aromatic rings. The molecule has 0 radical (unpaired) electrons. The van der Waals surface area contributed by atoms with Crippen molar-refractivity contribution in [3.63, 3.8) is 0 Å². The van der Waals surface area contributed by atoms with Crippen LogP contribution in [0.2, 0.25) is 0 Å². The van der Waals surface area contributed by atoms with Gasteiger partial charge in [-0.05, 0) is 31.8 Å². The van der Waals surface area contributed by atoms with Gasteiger partial charge in [-0.3, -0.25) is 0 Å². The Kier molecular flexibility index (Phi) is 4.23. The number of rotatable bonds is 0. The molecule has 0 N–H and O–H groups in total. The fourth-order valence-electron chi connectivity index (χ4n) is 1.78. The first-order chi connectivity index (χ1) is 6.36. The third-order valence-corrected chi connectivity index (χ3v) is 2.44. The van der Waals surface area contributed by atoms with Gasteiger partial charge < -0.3 is 4.74 Å². The maximum absolute atomic E-state index is 5.54. The number of hydrogen-bond acceptors (Lipinski definition) is 1. The summed E-state index contributed by atoms with van der Waals surface area (Å²) in [6.07, 6.45) is 8.56. The average Bonchev–Trinajstić information content (AvgIpc) is 2.21. The normalized spacial score (nSPS) is 26.2. The molecule has 2 rings (SSSR count). The highest BCUT2D eigenvalue weighted by molar-refractivity contribution is 5.31. The van der Waals surface area contributed by atoms with Crippen LogP contribution in [-0.4, -0.2) is 12.7 Å². The van der Waals surface area contributed by atoms with Crippen LogP contribution in [0.15, 0.2) is 23.3 Å². The van der Waals surface area contributed by atoms with Crippen molar-refractivity contribution >= 4 is 0 Å². The molecule has 1 heteroatoms. The van der Waals surface area contributed by atoms with Crippen LogP contribution in [-0.2, 0) is 4.74 Å². The van der Waals surface area contributed by atoms with Gasteiger partial charge in [0.05, 0.1) is 12.7 Å². The number of allylic oxidation sites excluding steroid dienone is 1. The van der Waals surface area contributed by atoms with Crippen molar-refractivity contribution in [3.8, 4) is 0 Å². The van der Waals surface area contributed by atoms with Crippen molar-refractivity contribution in [2.75, 3.05) is 6.61 Å². The molecule has 0 saturated heterocycles. The molecular weight excluding hydrogens is 160 g/mol. The maximum atomic E-state index is 5.54. The molecule has 2 aliphatic rings. The van der Waals surface area contributed by atoms with E-state index < -0.39 is 0 Å². The van der Waals surface area contributed by atoms with Gasteiger partial charge in [0.15, 0.2) is 0 Å². The zero-order chi connectivity index (χ0) is 9.68. The van der Waals surface area contributed by atoms with E-state index in [0.717, 1.165) is 13.0 Å². The van der Waals surface area contributed by atoms with Crippen LogP contribution in [0.4, 0.5) is 0 Å². The van der Waals surface area contributed by atoms with E-state index in [1.165, 1.54) is 18.4 Å². The van der Waals surface area contributed by atoms with Crippen molar-refractivity contribution in [2.24, 2.45) is 0 Å². The summed E-state index contributed by atoms with van der Waals surface area (Å²) >= 11 is 0. The molecule has 0 aromatic heterocycles. The first kappa shape index (κ1) is 10.5. The molecule has 0 amide bonds. The Labute approximate surface area is 81.5 Å². The molecule has 13 heavy (non-hydrogen) atoms. The third kappa shape index (κ3) is 2.70. The van der Waals surface area contributed by atoms with Crippen molar-refractivity contribution in [1.82, 2.24) is 0 Å². The molecule has 1 aliphatic heterocycles. The van der Waals surface area contributed by atoms with Crippen LogP contribution in [0.5, 0.6) is 0 Å². The second-order valence-corrected chi connectivity index (χ2v) is 3.40. The second kappa shape index (κ2) is 5.23. The van der Waals surface area contributed by atoms with Gasteiger partial charge in [-0.15, -0.1) is 0 Å². The smallest absolute Gasteiger partial charge is 0.0720 e. The highest BCUT2D eigenvalue weighted by Gasteiger charge is 2.17. The summed E-state index contributed by atoms with van der Waals surface area (Å²) in [7, 11) is 0. The molecule has 1 unspecified atom stereocenters. The summed E-state index contributed by atoms with van der Waals surface area (Å²) in [5.74, 6) is 0. The minimum atomic E-state index is 0.445. The van der Waals surface area contributed by atoms with E-state index in [1.807, 2.05) is 13.8 Å². The predicted octanol–water partition coefficient (Wildman–Crippen LogP) is 3.47. The molecule has 0 spiro atoms. The Morgan fingerprint density at radius 1 is 1.38 bits per heavy atom. The van der Waals surface area contributed by atoms with E-state index in [9.17, 15) is 0 Å². The Balaban J connectivity index is 0.000000396. The predicted molar refractivity (Wildman–Crippen MR) is 56.8 cm³/mol. The zero-order valence-electron chi connectivity index (χ0n) is 8.97. The fourth-order valence-corrected chi connectivity index (χ4v) is 1.78. The van der Waals surface area contributed by atoms with Gasteiger partial charge in [0, 0.05) is 0 Å². The summed E-state index contributed by atoms with van der Waals surface area (Å²) in [5, 5.41) is 0. The van der Waals surface area contributed by atoms with Crippen LogP contribution < -0.4 is 0 Å². The Hall–Kier alpha value is -0.560. The molecule has 0 fully saturated rings. The average molecular weight is 180 g/mol. The van der Waals surface area contributed by atoms with Crippen LogP contribution in [0, 0.1) is 0 Å². The van der Waals surface area contributed by atoms with Crippen LogP contribution in [0.3, 0.4) is 0 Å². The number of ether oxygens (including phenoxy) is 1. The van der Waals surface area contributed by atoms with Crippen molar-refractivity contribution in [3.05, 3.63) is 23.3 Å². The van der Waals surface area contributed by atoms with Crippen molar-refractivity contribution in [1.29, 1.82) is 0 Å². The highest BCUT2D eigenvalue weighted by atomic mass is 16.5. The lowest BCUT2D eigenvalue weighted by Gasteiger charge is -2.25. The molecule has 1 heterocycles. The fraction of sp³-hybridized carbons (Fsp3) is 0.667. The second-order valence-electron chi connectivity index (χ2n) is 3.40. The molecular formula is C12H20O. The zero-order valence-corrected chi connectivity index (χ0v) is 8.97. The van der Waals surface area contributed by atoms with Gasteiger partial charge in [-0.2, -0.15) is 0 Å². The molecule has 0 bridgehead atoms. The quantitative estimate of drug-likeness (QED) is 0.554. The maximum Gasteiger partial charge on any atom is 0.0720 e. The van der Waals surface area contributed by atoms with E-state index in [2.05, 4.69) is 19.1 Å². The summed E-state index contributed by atoms with van der Waals surface area (Å²) in [6.45, 7) is 7.00. The SMILES string of the molecule is CC.CC1CC2=C(C=CCC2)CO1. The van der Waals surface area contributed by atoms with E-state index in [-0.39, 0.29) is 0 Å². The van der Waals surface area contributed by atoms with Gasteiger partial charge in [-0.25, -0.2) is 0 Å². The van der Waals surface area contributed by atoms with Gasteiger partial charge in [-0.1, -0.05) is 31.6 Å². The van der Waals surface area contributed by atoms with E-state index in [4.69, 9.17) is 4.74 Å². The van der Waals surface area contributed by atoms with E-state index >= 15 is 0 Å². The van der Waals surface area contributed by atoms with Gasteiger partial charge >= 0.3 is 0 Å². The highest BCUT2D eigenvalue weighted by Crippen LogP contribution is 2.28. The van der Waals surface area contributed by atoms with Gasteiger partial charge in [0.1, 0.15) is 0 Å². The van der Waals surface area contributed by atoms with Gasteiger partial charge in [0.25, 0.3) is 0 Å². The van der Waals surface area contributed by atoms with Crippen molar-refractivity contribution in [2.45, 2.75) is 46.1 Å². The van der Waals surface area contributed by atoms with Crippen LogP contribution >= 0.6 is 0 Å². The lowest BCUT2D eigenvalue weighted by molar-refractivity contribution is 0.0723. The molecule has 0 saturated carbocycles. The largest absolute Gasteiger partial charge is 0.374 e. The van der Waals surface area contributed by atoms with Crippen LogP contribution in [0.1, 0.15) is 40.0 Å². The number of hydrogen-bond donors (Lipinski definition) is 0. The minimum absolute atomic E-state index is 0.445.